The van der Waals surface area contributed by atoms with Gasteiger partial charge in [0.25, 0.3) is 11.8 Å². The normalized spacial score (nSPS) is 18.7. The van der Waals surface area contributed by atoms with Crippen LogP contribution in [0.5, 0.6) is 11.5 Å². The van der Waals surface area contributed by atoms with Crippen LogP contribution in [0, 0.1) is 6.92 Å². The van der Waals surface area contributed by atoms with E-state index in [0.29, 0.717) is 44.4 Å². The van der Waals surface area contributed by atoms with E-state index in [0.717, 1.165) is 18.4 Å². The number of aryl methyl sites for hydroxylation is 1. The monoisotopic (exact) mass is 566 g/mol. The highest BCUT2D eigenvalue weighted by Crippen LogP contribution is 2.39. The quantitative estimate of drug-likeness (QED) is 0.324. The van der Waals surface area contributed by atoms with Gasteiger partial charge >= 0.3 is 0 Å². The molecule has 2 amide bonds. The predicted octanol–water partition coefficient (Wildman–Crippen LogP) is 5.71. The topological polar surface area (TPSA) is 77.1 Å². The third-order valence-corrected chi connectivity index (χ3v) is 7.55. The first-order valence-corrected chi connectivity index (χ1v) is 13.2. The molecule has 0 bridgehead atoms. The molecule has 0 radical (unpaired) electrons. The van der Waals surface area contributed by atoms with E-state index in [2.05, 4.69) is 5.32 Å². The van der Waals surface area contributed by atoms with Crippen LogP contribution >= 0.6 is 47.2 Å². The van der Waals surface area contributed by atoms with Gasteiger partial charge in [-0.2, -0.15) is 0 Å². The molecule has 2 saturated heterocycles. The molecule has 2 aromatic carbocycles. The van der Waals surface area contributed by atoms with Crippen LogP contribution < -0.4 is 14.8 Å². The lowest BCUT2D eigenvalue weighted by Crippen LogP contribution is -2.35. The molecule has 4 rings (SSSR count). The second-order valence-electron chi connectivity index (χ2n) is 8.26. The fraction of sp³-hybridized carbons (Fsp3) is 0.320. The summed E-state index contributed by atoms with van der Waals surface area (Å²) in [7, 11) is 1.47. The number of hydrogen-bond acceptors (Lipinski definition) is 7. The number of methoxy groups -OCH3 is 1. The van der Waals surface area contributed by atoms with Crippen LogP contribution in [0.3, 0.4) is 0 Å². The van der Waals surface area contributed by atoms with Gasteiger partial charge in [0.15, 0.2) is 18.1 Å². The van der Waals surface area contributed by atoms with Crippen LogP contribution in [-0.2, 0) is 14.3 Å². The molecule has 2 heterocycles. The van der Waals surface area contributed by atoms with Crippen LogP contribution in [0.15, 0.2) is 35.2 Å². The molecule has 11 heteroatoms. The van der Waals surface area contributed by atoms with Gasteiger partial charge in [-0.3, -0.25) is 14.5 Å². The second kappa shape index (κ2) is 11.8. The molecule has 1 N–H and O–H groups in total. The van der Waals surface area contributed by atoms with Crippen LogP contribution in [-0.4, -0.2) is 54.0 Å². The summed E-state index contributed by atoms with van der Waals surface area (Å²) in [6.45, 7) is 2.74. The first-order valence-electron chi connectivity index (χ1n) is 11.2. The van der Waals surface area contributed by atoms with Gasteiger partial charge in [-0.1, -0.05) is 53.2 Å². The summed E-state index contributed by atoms with van der Waals surface area (Å²) in [6, 6.07) is 8.56. The van der Waals surface area contributed by atoms with Crippen LogP contribution in [0.1, 0.15) is 24.0 Å². The number of amides is 2. The van der Waals surface area contributed by atoms with E-state index >= 15 is 0 Å². The highest BCUT2D eigenvalue weighted by atomic mass is 35.5. The van der Waals surface area contributed by atoms with E-state index in [1.54, 1.807) is 35.2 Å². The number of nitrogens with one attached hydrogen (secondary N) is 1. The molecule has 7 nitrogen and oxygen atoms in total. The maximum absolute atomic E-state index is 12.9. The SMILES string of the molecule is COc1cc(/C=C2\SC(=S)N(C[C@H]3CCCO3)C2=O)cc(Cl)c1OCC(=O)Nc1cc(Cl)ccc1C. The molecular weight excluding hydrogens is 543 g/mol. The molecule has 2 fully saturated rings. The van der Waals surface area contributed by atoms with Crippen molar-refractivity contribution in [1.29, 1.82) is 0 Å². The average molecular weight is 568 g/mol. The lowest BCUT2D eigenvalue weighted by Gasteiger charge is -2.18. The molecule has 0 aromatic heterocycles. The number of carbonyl (C=O) groups is 2. The average Bonchev–Trinajstić information content (AvgIpc) is 3.44. The molecule has 2 aliphatic rings. The van der Waals surface area contributed by atoms with Gasteiger partial charge in [-0.25, -0.2) is 0 Å². The fourth-order valence-corrected chi connectivity index (χ4v) is 5.54. The Kier molecular flexibility index (Phi) is 8.79. The minimum Gasteiger partial charge on any atom is -0.493 e. The summed E-state index contributed by atoms with van der Waals surface area (Å²) in [5, 5.41) is 3.52. The second-order valence-corrected chi connectivity index (χ2v) is 10.8. The van der Waals surface area contributed by atoms with Crippen molar-refractivity contribution in [3.05, 3.63) is 56.4 Å². The molecular formula is C25H24Cl2N2O5S2. The maximum atomic E-state index is 12.9. The van der Waals surface area contributed by atoms with Gasteiger partial charge in [-0.05, 0) is 61.2 Å². The lowest BCUT2D eigenvalue weighted by molar-refractivity contribution is -0.123. The molecule has 0 spiro atoms. The fourth-order valence-electron chi connectivity index (χ4n) is 3.82. The van der Waals surface area contributed by atoms with E-state index < -0.39 is 0 Å². The number of thioether (sulfide) groups is 1. The van der Waals surface area contributed by atoms with Crippen LogP contribution in [0.25, 0.3) is 6.08 Å². The van der Waals surface area contributed by atoms with E-state index in [1.165, 1.54) is 18.9 Å². The maximum Gasteiger partial charge on any atom is 0.266 e. The number of rotatable bonds is 8. The third-order valence-electron chi connectivity index (χ3n) is 5.65. The van der Waals surface area contributed by atoms with E-state index in [4.69, 9.17) is 49.6 Å². The number of halogens is 2. The minimum atomic E-state index is -0.377. The molecule has 36 heavy (non-hydrogen) atoms. The van der Waals surface area contributed by atoms with Crippen molar-refractivity contribution in [2.24, 2.45) is 0 Å². The number of anilines is 1. The highest BCUT2D eigenvalue weighted by Gasteiger charge is 2.34. The van der Waals surface area contributed by atoms with Crippen molar-refractivity contribution < 1.29 is 23.8 Å². The molecule has 2 aliphatic heterocycles. The third kappa shape index (κ3) is 6.33. The Morgan fingerprint density at radius 1 is 1.33 bits per heavy atom. The Morgan fingerprint density at radius 2 is 2.14 bits per heavy atom. The molecule has 0 saturated carbocycles. The van der Waals surface area contributed by atoms with Gasteiger partial charge in [0.1, 0.15) is 4.32 Å². The molecule has 0 aliphatic carbocycles. The number of hydrogen-bond donors (Lipinski definition) is 1. The van der Waals surface area contributed by atoms with E-state index in [1.807, 2.05) is 13.0 Å². The molecule has 190 valence electrons. The van der Waals surface area contributed by atoms with Gasteiger partial charge in [0.05, 0.1) is 29.7 Å². The summed E-state index contributed by atoms with van der Waals surface area (Å²) in [5.41, 5.74) is 2.11. The molecule has 2 aromatic rings. The zero-order valence-electron chi connectivity index (χ0n) is 19.6. The van der Waals surface area contributed by atoms with Gasteiger partial charge in [0, 0.05) is 17.3 Å². The Bertz CT molecular complexity index is 1230. The van der Waals surface area contributed by atoms with Crippen LogP contribution in [0.4, 0.5) is 5.69 Å². The van der Waals surface area contributed by atoms with E-state index in [-0.39, 0.29) is 35.3 Å². The zero-order chi connectivity index (χ0) is 25.8. The molecule has 1 atom stereocenters. The summed E-state index contributed by atoms with van der Waals surface area (Å²) in [5.74, 6) is 0.0110. The number of thiocarbonyl (C=S) groups is 1. The number of nitrogens with zero attached hydrogens (tertiary/aromatic N) is 1. The Morgan fingerprint density at radius 3 is 2.86 bits per heavy atom. The number of ether oxygens (including phenoxy) is 3. The zero-order valence-corrected chi connectivity index (χ0v) is 22.8. The largest absolute Gasteiger partial charge is 0.493 e. The van der Waals surface area contributed by atoms with Crippen molar-refractivity contribution in [1.82, 2.24) is 4.90 Å². The summed E-state index contributed by atoms with van der Waals surface area (Å²) in [6.07, 6.45) is 3.63. The van der Waals surface area contributed by atoms with E-state index in [9.17, 15) is 9.59 Å². The van der Waals surface area contributed by atoms with Crippen molar-refractivity contribution >= 4 is 75.1 Å². The van der Waals surface area contributed by atoms with Crippen molar-refractivity contribution in [3.8, 4) is 11.5 Å². The van der Waals surface area contributed by atoms with Crippen LogP contribution in [0.2, 0.25) is 10.0 Å². The first-order chi connectivity index (χ1) is 17.2. The smallest absolute Gasteiger partial charge is 0.266 e. The number of benzene rings is 2. The summed E-state index contributed by atoms with van der Waals surface area (Å²) < 4.78 is 17.3. The summed E-state index contributed by atoms with van der Waals surface area (Å²) >= 11 is 19.1. The minimum absolute atomic E-state index is 0.0119. The van der Waals surface area contributed by atoms with Crippen molar-refractivity contribution in [3.63, 3.8) is 0 Å². The van der Waals surface area contributed by atoms with Crippen molar-refractivity contribution in [2.45, 2.75) is 25.9 Å². The first kappa shape index (κ1) is 26.8. The molecule has 0 unspecified atom stereocenters. The number of carbonyl (C=O) groups excluding carboxylic acids is 2. The standard InChI is InChI=1S/C25H24Cl2N2O5S2/c1-14-5-6-16(26)11-19(14)28-22(30)13-34-23-18(27)8-15(9-20(23)32-2)10-21-24(31)29(25(35)36-21)12-17-4-3-7-33-17/h5-6,8-11,17H,3-4,7,12-13H2,1-2H3,(H,28,30)/b21-10-/t17-/m1/s1. The Balaban J connectivity index is 1.45. The van der Waals surface area contributed by atoms with Gasteiger partial charge in [0.2, 0.25) is 0 Å². The Hall–Kier alpha value is -2.30. The lowest BCUT2D eigenvalue weighted by atomic mass is 10.1. The predicted molar refractivity (Wildman–Crippen MR) is 147 cm³/mol. The van der Waals surface area contributed by atoms with Crippen molar-refractivity contribution in [2.75, 3.05) is 32.2 Å². The van der Waals surface area contributed by atoms with Gasteiger partial charge in [-0.15, -0.1) is 0 Å². The Labute approximate surface area is 229 Å². The van der Waals surface area contributed by atoms with Gasteiger partial charge < -0.3 is 19.5 Å². The summed E-state index contributed by atoms with van der Waals surface area (Å²) in [4.78, 5) is 27.4. The highest BCUT2D eigenvalue weighted by molar-refractivity contribution is 8.26.